The summed E-state index contributed by atoms with van der Waals surface area (Å²) in [5.74, 6) is 0. The molecule has 2 N–H and O–H groups in total. The molecule has 0 heterocycles. The number of amides is 2. The maximum Gasteiger partial charge on any atom is 0.361 e. The normalized spacial score (nSPS) is 10.8. The Hall–Kier alpha value is -1.99. The van der Waals surface area contributed by atoms with E-state index in [1.165, 1.54) is 4.90 Å². The highest BCUT2D eigenvalue weighted by atomic mass is 16.3. The molecular formula is C13H20N4O3. The summed E-state index contributed by atoms with van der Waals surface area (Å²) < 4.78 is 0. The van der Waals surface area contributed by atoms with Gasteiger partial charge in [0, 0.05) is 32.9 Å². The van der Waals surface area contributed by atoms with Crippen molar-refractivity contribution >= 4 is 17.4 Å². The molecule has 0 aliphatic heterocycles. The van der Waals surface area contributed by atoms with Crippen molar-refractivity contribution in [3.05, 3.63) is 24.3 Å². The zero-order chi connectivity index (χ0) is 15.0. The molecule has 0 bridgehead atoms. The van der Waals surface area contributed by atoms with Crippen LogP contribution >= 0.6 is 0 Å². The monoisotopic (exact) mass is 280 g/mol. The van der Waals surface area contributed by atoms with Gasteiger partial charge < -0.3 is 20.0 Å². The number of aliphatic hydroxyl groups excluding tert-OH is 2. The average molecular weight is 280 g/mol. The maximum atomic E-state index is 11.3. The topological polar surface area (TPSA) is 88.7 Å². The Bertz CT molecular complexity index is 439. The summed E-state index contributed by atoms with van der Waals surface area (Å²) in [6, 6.07) is 6.64. The van der Waals surface area contributed by atoms with E-state index >= 15 is 0 Å². The first kappa shape index (κ1) is 16.1. The fourth-order valence-electron chi connectivity index (χ4n) is 1.53. The van der Waals surface area contributed by atoms with E-state index in [-0.39, 0.29) is 13.2 Å². The third-order valence-corrected chi connectivity index (χ3v) is 2.59. The average Bonchev–Trinajstić information content (AvgIpc) is 2.45. The van der Waals surface area contributed by atoms with Crippen molar-refractivity contribution in [1.82, 2.24) is 4.90 Å². The number of aliphatic hydroxyl groups is 2. The van der Waals surface area contributed by atoms with Gasteiger partial charge in [0.1, 0.15) is 0 Å². The molecule has 0 aliphatic carbocycles. The Morgan fingerprint density at radius 1 is 1.10 bits per heavy atom. The van der Waals surface area contributed by atoms with Gasteiger partial charge in [-0.1, -0.05) is 5.11 Å². The molecule has 0 aliphatic rings. The van der Waals surface area contributed by atoms with Crippen LogP contribution in [0.2, 0.25) is 0 Å². The molecule has 1 rings (SSSR count). The number of benzene rings is 1. The van der Waals surface area contributed by atoms with Gasteiger partial charge in [0.2, 0.25) is 0 Å². The van der Waals surface area contributed by atoms with Crippen LogP contribution in [0.15, 0.2) is 34.5 Å². The smallest absolute Gasteiger partial charge is 0.361 e. The minimum absolute atomic E-state index is 0.0127. The minimum atomic E-state index is -0.420. The first-order valence-corrected chi connectivity index (χ1v) is 6.28. The van der Waals surface area contributed by atoms with E-state index < -0.39 is 6.03 Å². The van der Waals surface area contributed by atoms with Crippen LogP contribution in [0, 0.1) is 0 Å². The van der Waals surface area contributed by atoms with Gasteiger partial charge in [-0.3, -0.25) is 0 Å². The molecular weight excluding hydrogens is 260 g/mol. The molecule has 0 saturated carbocycles. The Morgan fingerprint density at radius 3 is 2.10 bits per heavy atom. The highest BCUT2D eigenvalue weighted by molar-refractivity contribution is 5.74. The quantitative estimate of drug-likeness (QED) is 0.767. The summed E-state index contributed by atoms with van der Waals surface area (Å²) in [6.07, 6.45) is 0. The highest BCUT2D eigenvalue weighted by Gasteiger charge is 2.05. The predicted octanol–water partition coefficient (Wildman–Crippen LogP) is 1.24. The molecule has 0 unspecified atom stereocenters. The van der Waals surface area contributed by atoms with Crippen molar-refractivity contribution in [1.29, 1.82) is 0 Å². The van der Waals surface area contributed by atoms with E-state index in [4.69, 9.17) is 10.2 Å². The van der Waals surface area contributed by atoms with E-state index in [9.17, 15) is 4.79 Å². The van der Waals surface area contributed by atoms with Crippen LogP contribution in [0.5, 0.6) is 0 Å². The van der Waals surface area contributed by atoms with E-state index in [2.05, 4.69) is 10.2 Å². The van der Waals surface area contributed by atoms with Gasteiger partial charge in [0.15, 0.2) is 0 Å². The van der Waals surface area contributed by atoms with Crippen LogP contribution in [-0.4, -0.2) is 61.5 Å². The van der Waals surface area contributed by atoms with Gasteiger partial charge >= 0.3 is 6.03 Å². The largest absolute Gasteiger partial charge is 0.395 e. The predicted molar refractivity (Wildman–Crippen MR) is 76.4 cm³/mol. The molecule has 0 aromatic heterocycles. The standard InChI is InChI=1S/C13H20N4O3/c1-16(2)13(20)15-14-11-3-5-12(6-4-11)17(7-9-18)8-10-19/h3-6,18-19H,7-10H2,1-2H3. The number of hydrogen-bond donors (Lipinski definition) is 2. The Labute approximate surface area is 118 Å². The molecule has 7 nitrogen and oxygen atoms in total. The molecule has 0 atom stereocenters. The van der Waals surface area contributed by atoms with Crippen LogP contribution < -0.4 is 4.90 Å². The SMILES string of the molecule is CN(C)C(=O)N=Nc1ccc(N(CCO)CCO)cc1. The van der Waals surface area contributed by atoms with Gasteiger partial charge in [-0.2, -0.15) is 0 Å². The van der Waals surface area contributed by atoms with Gasteiger partial charge in [0.25, 0.3) is 0 Å². The number of carbonyl (C=O) groups excluding carboxylic acids is 1. The van der Waals surface area contributed by atoms with Crippen molar-refractivity contribution < 1.29 is 15.0 Å². The number of hydrogen-bond acceptors (Lipinski definition) is 5. The summed E-state index contributed by atoms with van der Waals surface area (Å²) in [5.41, 5.74) is 1.43. The third kappa shape index (κ3) is 4.94. The van der Waals surface area contributed by atoms with Gasteiger partial charge in [0.05, 0.1) is 18.9 Å². The summed E-state index contributed by atoms with van der Waals surface area (Å²) >= 11 is 0. The summed E-state index contributed by atoms with van der Waals surface area (Å²) in [7, 11) is 3.21. The Kier molecular flexibility index (Phi) is 6.61. The zero-order valence-corrected chi connectivity index (χ0v) is 11.7. The van der Waals surface area contributed by atoms with E-state index in [0.717, 1.165) is 5.69 Å². The second kappa shape index (κ2) is 8.23. The van der Waals surface area contributed by atoms with Gasteiger partial charge in [-0.25, -0.2) is 4.79 Å². The summed E-state index contributed by atoms with van der Waals surface area (Å²) in [5, 5.41) is 25.4. The Balaban J connectivity index is 2.74. The van der Waals surface area contributed by atoms with Gasteiger partial charge in [-0.15, -0.1) is 5.11 Å². The van der Waals surface area contributed by atoms with Crippen LogP contribution in [0.1, 0.15) is 0 Å². The van der Waals surface area contributed by atoms with E-state index in [1.807, 2.05) is 4.90 Å². The summed E-state index contributed by atoms with van der Waals surface area (Å²) in [4.78, 5) is 14.5. The van der Waals surface area contributed by atoms with Crippen LogP contribution in [0.4, 0.5) is 16.2 Å². The van der Waals surface area contributed by atoms with Gasteiger partial charge in [-0.05, 0) is 24.3 Å². The lowest BCUT2D eigenvalue weighted by Gasteiger charge is -2.22. The molecule has 20 heavy (non-hydrogen) atoms. The molecule has 7 heteroatoms. The second-order valence-electron chi connectivity index (χ2n) is 4.33. The number of nitrogens with zero attached hydrogens (tertiary/aromatic N) is 4. The van der Waals surface area contributed by atoms with E-state index in [0.29, 0.717) is 18.8 Å². The first-order valence-electron chi connectivity index (χ1n) is 6.28. The number of anilines is 1. The zero-order valence-electron chi connectivity index (χ0n) is 11.7. The van der Waals surface area contributed by atoms with Crippen LogP contribution in [-0.2, 0) is 0 Å². The molecule has 0 radical (unpaired) electrons. The molecule has 110 valence electrons. The van der Waals surface area contributed by atoms with Crippen molar-refractivity contribution in [2.45, 2.75) is 0 Å². The molecule has 0 fully saturated rings. The van der Waals surface area contributed by atoms with Crippen molar-refractivity contribution in [2.24, 2.45) is 10.2 Å². The number of carbonyl (C=O) groups is 1. The number of urea groups is 1. The van der Waals surface area contributed by atoms with Crippen molar-refractivity contribution in [3.63, 3.8) is 0 Å². The highest BCUT2D eigenvalue weighted by Crippen LogP contribution is 2.20. The minimum Gasteiger partial charge on any atom is -0.395 e. The van der Waals surface area contributed by atoms with Crippen molar-refractivity contribution in [3.8, 4) is 0 Å². The molecule has 2 amide bonds. The third-order valence-electron chi connectivity index (χ3n) is 2.59. The lowest BCUT2D eigenvalue weighted by Crippen LogP contribution is -2.29. The first-order chi connectivity index (χ1) is 9.58. The maximum absolute atomic E-state index is 11.3. The second-order valence-corrected chi connectivity index (χ2v) is 4.33. The van der Waals surface area contributed by atoms with Crippen LogP contribution in [0.25, 0.3) is 0 Å². The number of azo groups is 1. The molecule has 1 aromatic rings. The van der Waals surface area contributed by atoms with Crippen molar-refractivity contribution in [2.75, 3.05) is 45.3 Å². The summed E-state index contributed by atoms with van der Waals surface area (Å²) in [6.45, 7) is 0.915. The van der Waals surface area contributed by atoms with Crippen LogP contribution in [0.3, 0.4) is 0 Å². The lowest BCUT2D eigenvalue weighted by molar-refractivity contribution is 0.225. The molecule has 0 saturated heterocycles. The fraction of sp³-hybridized carbons (Fsp3) is 0.462. The molecule has 0 spiro atoms. The molecule has 1 aromatic carbocycles. The lowest BCUT2D eigenvalue weighted by atomic mass is 10.2. The fourth-order valence-corrected chi connectivity index (χ4v) is 1.53. The van der Waals surface area contributed by atoms with E-state index in [1.54, 1.807) is 38.4 Å². The Morgan fingerprint density at radius 2 is 1.65 bits per heavy atom. The number of rotatable bonds is 6.